The van der Waals surface area contributed by atoms with E-state index < -0.39 is 0 Å². The van der Waals surface area contributed by atoms with Crippen LogP contribution >= 0.6 is 0 Å². The number of rotatable bonds is 6. The SMILES string of the molecule is C#CCC(C)NCC(=O)NCCC. The summed E-state index contributed by atoms with van der Waals surface area (Å²) in [6.45, 7) is 5.08. The number of hydrogen-bond donors (Lipinski definition) is 2. The lowest BCUT2D eigenvalue weighted by Crippen LogP contribution is -2.38. The van der Waals surface area contributed by atoms with E-state index in [2.05, 4.69) is 16.6 Å². The lowest BCUT2D eigenvalue weighted by atomic mass is 10.2. The Hall–Kier alpha value is -1.01. The van der Waals surface area contributed by atoms with Crippen molar-refractivity contribution in [2.24, 2.45) is 0 Å². The van der Waals surface area contributed by atoms with Crippen molar-refractivity contribution in [2.45, 2.75) is 32.7 Å². The zero-order valence-corrected chi connectivity index (χ0v) is 8.39. The molecule has 1 atom stereocenters. The number of hydrogen-bond acceptors (Lipinski definition) is 2. The maximum atomic E-state index is 11.1. The van der Waals surface area contributed by atoms with Crippen molar-refractivity contribution in [2.75, 3.05) is 13.1 Å². The summed E-state index contributed by atoms with van der Waals surface area (Å²) >= 11 is 0. The molecule has 0 aromatic heterocycles. The fourth-order valence-corrected chi connectivity index (χ4v) is 0.843. The van der Waals surface area contributed by atoms with Gasteiger partial charge in [0.1, 0.15) is 0 Å². The highest BCUT2D eigenvalue weighted by atomic mass is 16.1. The van der Waals surface area contributed by atoms with Gasteiger partial charge in [0.2, 0.25) is 5.91 Å². The molecule has 0 aliphatic heterocycles. The molecule has 1 amide bonds. The number of carbonyl (C=O) groups is 1. The minimum atomic E-state index is 0.0331. The third-order valence-corrected chi connectivity index (χ3v) is 1.61. The molecule has 13 heavy (non-hydrogen) atoms. The van der Waals surface area contributed by atoms with E-state index in [1.54, 1.807) is 0 Å². The minimum absolute atomic E-state index is 0.0331. The molecule has 3 heteroatoms. The molecular weight excluding hydrogens is 164 g/mol. The third kappa shape index (κ3) is 7.35. The second kappa shape index (κ2) is 7.63. The summed E-state index contributed by atoms with van der Waals surface area (Å²) in [5, 5.41) is 5.81. The molecule has 0 bridgehead atoms. The number of carbonyl (C=O) groups excluding carboxylic acids is 1. The van der Waals surface area contributed by atoms with Gasteiger partial charge < -0.3 is 10.6 Å². The fraction of sp³-hybridized carbons (Fsp3) is 0.700. The van der Waals surface area contributed by atoms with Gasteiger partial charge in [-0.1, -0.05) is 6.92 Å². The topological polar surface area (TPSA) is 41.1 Å². The number of nitrogens with one attached hydrogen (secondary N) is 2. The maximum Gasteiger partial charge on any atom is 0.233 e. The zero-order chi connectivity index (χ0) is 10.1. The van der Waals surface area contributed by atoms with Gasteiger partial charge in [-0.15, -0.1) is 12.3 Å². The Labute approximate surface area is 80.3 Å². The molecule has 74 valence electrons. The summed E-state index contributed by atoms with van der Waals surface area (Å²) < 4.78 is 0. The smallest absolute Gasteiger partial charge is 0.233 e. The molecule has 0 aliphatic carbocycles. The zero-order valence-electron chi connectivity index (χ0n) is 8.39. The largest absolute Gasteiger partial charge is 0.355 e. The van der Waals surface area contributed by atoms with Crippen LogP contribution in [0.25, 0.3) is 0 Å². The standard InChI is InChI=1S/C10H18N2O/c1-4-6-9(3)12-8-10(13)11-7-5-2/h1,9,12H,5-8H2,2-3H3,(H,11,13). The monoisotopic (exact) mass is 182 g/mol. The molecule has 0 radical (unpaired) electrons. The summed E-state index contributed by atoms with van der Waals surface area (Å²) in [4.78, 5) is 11.1. The van der Waals surface area contributed by atoms with Crippen molar-refractivity contribution < 1.29 is 4.79 Å². The lowest BCUT2D eigenvalue weighted by Gasteiger charge is -2.10. The van der Waals surface area contributed by atoms with Crippen molar-refractivity contribution in [1.29, 1.82) is 0 Å². The molecule has 3 nitrogen and oxygen atoms in total. The van der Waals surface area contributed by atoms with Gasteiger partial charge in [-0.2, -0.15) is 0 Å². The first-order chi connectivity index (χ1) is 6.20. The first-order valence-electron chi connectivity index (χ1n) is 4.64. The molecule has 0 spiro atoms. The van der Waals surface area contributed by atoms with Crippen LogP contribution in [-0.2, 0) is 4.79 Å². The lowest BCUT2D eigenvalue weighted by molar-refractivity contribution is -0.120. The van der Waals surface area contributed by atoms with Gasteiger partial charge >= 0.3 is 0 Å². The van der Waals surface area contributed by atoms with E-state index >= 15 is 0 Å². The fourth-order valence-electron chi connectivity index (χ4n) is 0.843. The average Bonchev–Trinajstić information content (AvgIpc) is 2.12. The van der Waals surface area contributed by atoms with Gasteiger partial charge in [-0.3, -0.25) is 4.79 Å². The Balaban J connectivity index is 3.41. The Kier molecular flexibility index (Phi) is 7.04. The van der Waals surface area contributed by atoms with E-state index in [9.17, 15) is 4.79 Å². The quantitative estimate of drug-likeness (QED) is 0.588. The van der Waals surface area contributed by atoms with Crippen LogP contribution in [0.3, 0.4) is 0 Å². The van der Waals surface area contributed by atoms with E-state index in [0.29, 0.717) is 13.0 Å². The highest BCUT2D eigenvalue weighted by Crippen LogP contribution is 1.86. The van der Waals surface area contributed by atoms with Crippen molar-refractivity contribution in [3.63, 3.8) is 0 Å². The van der Waals surface area contributed by atoms with E-state index in [4.69, 9.17) is 6.42 Å². The molecule has 1 unspecified atom stereocenters. The number of terminal acetylenes is 1. The van der Waals surface area contributed by atoms with Gasteiger partial charge in [-0.05, 0) is 13.3 Å². The van der Waals surface area contributed by atoms with Crippen LogP contribution in [0.4, 0.5) is 0 Å². The van der Waals surface area contributed by atoms with Crippen LogP contribution in [0.2, 0.25) is 0 Å². The predicted octanol–water partition coefficient (Wildman–Crippen LogP) is 0.514. The van der Waals surface area contributed by atoms with Crippen LogP contribution in [0, 0.1) is 12.3 Å². The van der Waals surface area contributed by atoms with Crippen molar-refractivity contribution in [3.05, 3.63) is 0 Å². The molecule has 0 aliphatic rings. The Bertz CT molecular complexity index is 184. The van der Waals surface area contributed by atoms with E-state index in [-0.39, 0.29) is 11.9 Å². The summed E-state index contributed by atoms with van der Waals surface area (Å²) in [6, 6.07) is 0.206. The maximum absolute atomic E-state index is 11.1. The second-order valence-corrected chi connectivity index (χ2v) is 3.04. The molecule has 0 saturated heterocycles. The van der Waals surface area contributed by atoms with E-state index in [1.165, 1.54) is 0 Å². The van der Waals surface area contributed by atoms with Crippen LogP contribution in [0.5, 0.6) is 0 Å². The van der Waals surface area contributed by atoms with E-state index in [0.717, 1.165) is 13.0 Å². The first kappa shape index (κ1) is 12.0. The highest BCUT2D eigenvalue weighted by molar-refractivity contribution is 5.77. The molecule has 0 fully saturated rings. The summed E-state index contributed by atoms with van der Waals surface area (Å²) in [5.41, 5.74) is 0. The molecule has 0 saturated carbocycles. The van der Waals surface area contributed by atoms with Crippen molar-refractivity contribution in [3.8, 4) is 12.3 Å². The second-order valence-electron chi connectivity index (χ2n) is 3.04. The van der Waals surface area contributed by atoms with Gasteiger partial charge in [0.05, 0.1) is 6.54 Å². The predicted molar refractivity (Wildman–Crippen MR) is 54.2 cm³/mol. The van der Waals surface area contributed by atoms with Gasteiger partial charge in [0, 0.05) is 19.0 Å². The molecule has 0 aromatic rings. The Morgan fingerprint density at radius 1 is 1.62 bits per heavy atom. The molecule has 0 aromatic carbocycles. The summed E-state index contributed by atoms with van der Waals surface area (Å²) in [5.74, 6) is 2.57. The number of amides is 1. The summed E-state index contributed by atoms with van der Waals surface area (Å²) in [6.07, 6.45) is 6.74. The van der Waals surface area contributed by atoms with Crippen LogP contribution in [-0.4, -0.2) is 25.0 Å². The Morgan fingerprint density at radius 3 is 2.85 bits per heavy atom. The highest BCUT2D eigenvalue weighted by Gasteiger charge is 2.02. The van der Waals surface area contributed by atoms with Crippen LogP contribution in [0.15, 0.2) is 0 Å². The average molecular weight is 182 g/mol. The normalized spacial score (nSPS) is 11.8. The van der Waals surface area contributed by atoms with Gasteiger partial charge in [-0.25, -0.2) is 0 Å². The Morgan fingerprint density at radius 2 is 2.31 bits per heavy atom. The van der Waals surface area contributed by atoms with Crippen LogP contribution in [0.1, 0.15) is 26.7 Å². The molecule has 0 rings (SSSR count). The molecule has 2 N–H and O–H groups in total. The van der Waals surface area contributed by atoms with Gasteiger partial charge in [0.25, 0.3) is 0 Å². The van der Waals surface area contributed by atoms with Gasteiger partial charge in [0.15, 0.2) is 0 Å². The summed E-state index contributed by atoms with van der Waals surface area (Å²) in [7, 11) is 0. The minimum Gasteiger partial charge on any atom is -0.355 e. The van der Waals surface area contributed by atoms with Crippen molar-refractivity contribution >= 4 is 5.91 Å². The third-order valence-electron chi connectivity index (χ3n) is 1.61. The van der Waals surface area contributed by atoms with E-state index in [1.807, 2.05) is 13.8 Å². The molecular formula is C10H18N2O. The van der Waals surface area contributed by atoms with Crippen molar-refractivity contribution in [1.82, 2.24) is 10.6 Å². The first-order valence-corrected chi connectivity index (χ1v) is 4.64. The van der Waals surface area contributed by atoms with Crippen LogP contribution < -0.4 is 10.6 Å². The molecule has 0 heterocycles.